The molecule has 1 aromatic heterocycles. The van der Waals surface area contributed by atoms with Gasteiger partial charge in [0.15, 0.2) is 0 Å². The van der Waals surface area contributed by atoms with E-state index in [2.05, 4.69) is 22.3 Å². The van der Waals surface area contributed by atoms with E-state index in [1.165, 1.54) is 29.7 Å². The van der Waals surface area contributed by atoms with Gasteiger partial charge in [0.2, 0.25) is 0 Å². The van der Waals surface area contributed by atoms with Gasteiger partial charge in [0.05, 0.1) is 12.2 Å². The van der Waals surface area contributed by atoms with Crippen molar-refractivity contribution in [2.45, 2.75) is 25.4 Å². The molecule has 2 aromatic rings. The van der Waals surface area contributed by atoms with Gasteiger partial charge in [-0.05, 0) is 36.6 Å². The number of hydrogen-bond donors (Lipinski definition) is 3. The third-order valence-electron chi connectivity index (χ3n) is 4.72. The molecule has 3 rings (SSSR count). The first kappa shape index (κ1) is 19.3. The summed E-state index contributed by atoms with van der Waals surface area (Å²) < 4.78 is 5.31. The minimum absolute atomic E-state index is 0.261. The van der Waals surface area contributed by atoms with Crippen LogP contribution in [0.15, 0.2) is 30.3 Å². The number of nitrogens with one attached hydrogen (secondary N) is 1. The maximum atomic E-state index is 11.6. The lowest BCUT2D eigenvalue weighted by atomic mass is 10.1. The van der Waals surface area contributed by atoms with Crippen LogP contribution in [-0.2, 0) is 11.3 Å². The SMILES string of the molecule is COCC1CCCN1Cc1ccc(-c2cc(C(N)=O)c(NC(N)=O)s2)cc1. The first-order valence-corrected chi connectivity index (χ1v) is 9.62. The molecule has 1 saturated heterocycles. The molecule has 8 heteroatoms. The molecule has 3 amide bonds. The number of rotatable bonds is 7. The molecule has 1 unspecified atom stereocenters. The smallest absolute Gasteiger partial charge is 0.317 e. The van der Waals surface area contributed by atoms with E-state index in [1.54, 1.807) is 13.2 Å². The molecule has 0 radical (unpaired) electrons. The highest BCUT2D eigenvalue weighted by Crippen LogP contribution is 2.35. The molecule has 0 aliphatic carbocycles. The molecule has 144 valence electrons. The Kier molecular flexibility index (Phi) is 6.10. The first-order chi connectivity index (χ1) is 13.0. The van der Waals surface area contributed by atoms with Crippen LogP contribution in [0.3, 0.4) is 0 Å². The molecule has 1 aliphatic heterocycles. The van der Waals surface area contributed by atoms with Gasteiger partial charge in [0.25, 0.3) is 5.91 Å². The second-order valence-electron chi connectivity index (χ2n) is 6.63. The Morgan fingerprint density at radius 3 is 2.67 bits per heavy atom. The minimum Gasteiger partial charge on any atom is -0.383 e. The number of carbonyl (C=O) groups excluding carboxylic acids is 2. The van der Waals surface area contributed by atoms with Gasteiger partial charge in [-0.25, -0.2) is 4.79 Å². The molecule has 1 fully saturated rings. The van der Waals surface area contributed by atoms with Crippen molar-refractivity contribution < 1.29 is 14.3 Å². The van der Waals surface area contributed by atoms with E-state index >= 15 is 0 Å². The number of thiophene rings is 1. The molecule has 0 spiro atoms. The summed E-state index contributed by atoms with van der Waals surface area (Å²) in [4.78, 5) is 26.0. The van der Waals surface area contributed by atoms with Gasteiger partial charge in [-0.1, -0.05) is 24.3 Å². The summed E-state index contributed by atoms with van der Waals surface area (Å²) >= 11 is 1.28. The van der Waals surface area contributed by atoms with E-state index in [0.717, 1.165) is 30.1 Å². The number of benzene rings is 1. The Bertz CT molecular complexity index is 819. The molecule has 0 bridgehead atoms. The predicted molar refractivity (Wildman–Crippen MR) is 107 cm³/mol. The largest absolute Gasteiger partial charge is 0.383 e. The number of urea groups is 1. The molecule has 0 saturated carbocycles. The Labute approximate surface area is 162 Å². The molecule has 5 N–H and O–H groups in total. The first-order valence-electron chi connectivity index (χ1n) is 8.80. The van der Waals surface area contributed by atoms with Crippen LogP contribution < -0.4 is 16.8 Å². The lowest BCUT2D eigenvalue weighted by molar-refractivity contribution is 0.100. The molecule has 27 heavy (non-hydrogen) atoms. The number of ether oxygens (including phenoxy) is 1. The van der Waals surface area contributed by atoms with E-state index in [1.807, 2.05) is 12.1 Å². The second-order valence-corrected chi connectivity index (χ2v) is 7.68. The normalized spacial score (nSPS) is 17.1. The van der Waals surface area contributed by atoms with E-state index in [4.69, 9.17) is 16.2 Å². The number of nitrogens with two attached hydrogens (primary N) is 2. The molecule has 7 nitrogen and oxygen atoms in total. The van der Waals surface area contributed by atoms with Crippen LogP contribution in [0.4, 0.5) is 9.80 Å². The van der Waals surface area contributed by atoms with E-state index < -0.39 is 11.9 Å². The second kappa shape index (κ2) is 8.51. The van der Waals surface area contributed by atoms with Crippen LogP contribution in [0.1, 0.15) is 28.8 Å². The molecule has 1 aliphatic rings. The number of likely N-dealkylation sites (tertiary alicyclic amines) is 1. The number of nitrogens with zero attached hydrogens (tertiary/aromatic N) is 1. The van der Waals surface area contributed by atoms with Gasteiger partial charge in [0.1, 0.15) is 5.00 Å². The summed E-state index contributed by atoms with van der Waals surface area (Å²) in [6.45, 7) is 2.74. The van der Waals surface area contributed by atoms with Crippen LogP contribution in [-0.4, -0.2) is 43.1 Å². The number of carbonyl (C=O) groups is 2. The highest BCUT2D eigenvalue weighted by atomic mass is 32.1. The van der Waals surface area contributed by atoms with Gasteiger partial charge in [-0.3, -0.25) is 15.0 Å². The molecular weight excluding hydrogens is 364 g/mol. The lowest BCUT2D eigenvalue weighted by Crippen LogP contribution is -2.32. The topological polar surface area (TPSA) is 111 Å². The Hall–Kier alpha value is -2.42. The summed E-state index contributed by atoms with van der Waals surface area (Å²) in [5, 5.41) is 2.83. The summed E-state index contributed by atoms with van der Waals surface area (Å²) in [6.07, 6.45) is 2.37. The maximum absolute atomic E-state index is 11.6. The highest BCUT2D eigenvalue weighted by Gasteiger charge is 2.24. The van der Waals surface area contributed by atoms with Crippen LogP contribution in [0.25, 0.3) is 10.4 Å². The van der Waals surface area contributed by atoms with Crippen molar-refractivity contribution in [2.24, 2.45) is 11.5 Å². The highest BCUT2D eigenvalue weighted by molar-refractivity contribution is 7.20. The summed E-state index contributed by atoms with van der Waals surface area (Å²) in [5.74, 6) is -0.601. The fourth-order valence-electron chi connectivity index (χ4n) is 3.41. The van der Waals surface area contributed by atoms with Crippen molar-refractivity contribution in [3.63, 3.8) is 0 Å². The molecular formula is C19H24N4O3S. The monoisotopic (exact) mass is 388 g/mol. The number of amides is 3. The van der Waals surface area contributed by atoms with Crippen molar-refractivity contribution in [2.75, 3.05) is 25.6 Å². The molecule has 2 heterocycles. The van der Waals surface area contributed by atoms with E-state index in [0.29, 0.717) is 11.0 Å². The van der Waals surface area contributed by atoms with Crippen molar-refractivity contribution in [1.82, 2.24) is 4.90 Å². The molecule has 1 aromatic carbocycles. The fraction of sp³-hybridized carbons (Fsp3) is 0.368. The summed E-state index contributed by atoms with van der Waals surface area (Å²) in [5.41, 5.74) is 13.0. The Morgan fingerprint density at radius 2 is 2.04 bits per heavy atom. The minimum atomic E-state index is -0.725. The Morgan fingerprint density at radius 1 is 1.30 bits per heavy atom. The van der Waals surface area contributed by atoms with Crippen LogP contribution in [0.2, 0.25) is 0 Å². The van der Waals surface area contributed by atoms with Crippen LogP contribution >= 0.6 is 11.3 Å². The third-order valence-corrected chi connectivity index (χ3v) is 5.82. The summed E-state index contributed by atoms with van der Waals surface area (Å²) in [6, 6.07) is 9.64. The average molecular weight is 388 g/mol. The van der Waals surface area contributed by atoms with Crippen LogP contribution in [0, 0.1) is 0 Å². The third kappa shape index (κ3) is 4.65. The fourth-order valence-corrected chi connectivity index (χ4v) is 4.49. The zero-order valence-electron chi connectivity index (χ0n) is 15.2. The van der Waals surface area contributed by atoms with Gasteiger partial charge in [-0.15, -0.1) is 11.3 Å². The Balaban J connectivity index is 1.75. The predicted octanol–water partition coefficient (Wildman–Crippen LogP) is 2.62. The van der Waals surface area contributed by atoms with Gasteiger partial charge < -0.3 is 16.2 Å². The number of primary amides is 2. The summed E-state index contributed by atoms with van der Waals surface area (Å²) in [7, 11) is 1.74. The number of methoxy groups -OCH3 is 1. The van der Waals surface area contributed by atoms with Gasteiger partial charge >= 0.3 is 6.03 Å². The average Bonchev–Trinajstić information content (AvgIpc) is 3.23. The van der Waals surface area contributed by atoms with Crippen LogP contribution in [0.5, 0.6) is 0 Å². The maximum Gasteiger partial charge on any atom is 0.317 e. The lowest BCUT2D eigenvalue weighted by Gasteiger charge is -2.23. The molecule has 1 atom stereocenters. The van der Waals surface area contributed by atoms with Crippen molar-refractivity contribution in [3.05, 3.63) is 41.5 Å². The van der Waals surface area contributed by atoms with Gasteiger partial charge in [-0.2, -0.15) is 0 Å². The van der Waals surface area contributed by atoms with Gasteiger partial charge in [0, 0.05) is 24.6 Å². The zero-order valence-corrected chi connectivity index (χ0v) is 16.1. The standard InChI is InChI=1S/C19H24N4O3S/c1-26-11-14-3-2-8-23(14)10-12-4-6-13(7-5-12)16-9-15(17(20)24)18(27-16)22-19(21)25/h4-7,9,14H,2-3,8,10-11H2,1H3,(H2,20,24)(H3,21,22,25). The van der Waals surface area contributed by atoms with E-state index in [-0.39, 0.29) is 5.56 Å². The quantitative estimate of drug-likeness (QED) is 0.677. The van der Waals surface area contributed by atoms with E-state index in [9.17, 15) is 9.59 Å². The van der Waals surface area contributed by atoms with Crippen molar-refractivity contribution in [1.29, 1.82) is 0 Å². The van der Waals surface area contributed by atoms with Crippen molar-refractivity contribution in [3.8, 4) is 10.4 Å². The number of anilines is 1. The zero-order chi connectivity index (χ0) is 19.4. The van der Waals surface area contributed by atoms with Crippen molar-refractivity contribution >= 4 is 28.3 Å². The number of hydrogen-bond acceptors (Lipinski definition) is 5.